The van der Waals surface area contributed by atoms with E-state index in [1.807, 2.05) is 18.5 Å². The molecule has 1 atom stereocenters. The molecule has 2 aromatic rings. The summed E-state index contributed by atoms with van der Waals surface area (Å²) in [7, 11) is 2.17. The summed E-state index contributed by atoms with van der Waals surface area (Å²) in [6.45, 7) is 10.6. The maximum atomic E-state index is 5.18. The standard InChI is InChI=1S/C17H26N4O/c1-13(2)19(4)11-16-9-18-17-14(3)20(6-7-21(16)17)10-15-5-8-22-12-15/h5,8-9,12-14H,6-7,10-11H2,1-4H3/t14-/m0/s1. The van der Waals surface area contributed by atoms with Crippen molar-refractivity contribution in [3.05, 3.63) is 41.9 Å². The molecule has 5 nitrogen and oxygen atoms in total. The second-order valence-electron chi connectivity index (χ2n) is 6.55. The lowest BCUT2D eigenvalue weighted by Gasteiger charge is -2.34. The van der Waals surface area contributed by atoms with Gasteiger partial charge in [-0.25, -0.2) is 4.98 Å². The smallest absolute Gasteiger partial charge is 0.126 e. The minimum absolute atomic E-state index is 0.335. The van der Waals surface area contributed by atoms with Crippen molar-refractivity contribution in [3.63, 3.8) is 0 Å². The highest BCUT2D eigenvalue weighted by molar-refractivity contribution is 5.13. The Balaban J connectivity index is 1.74. The van der Waals surface area contributed by atoms with Crippen LogP contribution in [0.3, 0.4) is 0 Å². The molecule has 0 N–H and O–H groups in total. The Morgan fingerprint density at radius 1 is 1.41 bits per heavy atom. The van der Waals surface area contributed by atoms with Crippen molar-refractivity contribution in [1.29, 1.82) is 0 Å². The number of fused-ring (bicyclic) bond motifs is 1. The van der Waals surface area contributed by atoms with E-state index >= 15 is 0 Å². The maximum Gasteiger partial charge on any atom is 0.126 e. The summed E-state index contributed by atoms with van der Waals surface area (Å²) < 4.78 is 7.58. The molecule has 0 unspecified atom stereocenters. The van der Waals surface area contributed by atoms with Crippen LogP contribution in [0.4, 0.5) is 0 Å². The monoisotopic (exact) mass is 302 g/mol. The van der Waals surface area contributed by atoms with Gasteiger partial charge in [-0.1, -0.05) is 0 Å². The molecule has 22 heavy (non-hydrogen) atoms. The average molecular weight is 302 g/mol. The molecule has 3 rings (SSSR count). The number of hydrogen-bond acceptors (Lipinski definition) is 4. The number of rotatable bonds is 5. The molecule has 0 bridgehead atoms. The zero-order chi connectivity index (χ0) is 15.7. The highest BCUT2D eigenvalue weighted by atomic mass is 16.3. The first-order valence-electron chi connectivity index (χ1n) is 8.06. The second kappa shape index (κ2) is 6.26. The highest BCUT2D eigenvalue weighted by Crippen LogP contribution is 2.27. The molecule has 0 spiro atoms. The number of aromatic nitrogens is 2. The first-order valence-corrected chi connectivity index (χ1v) is 8.06. The van der Waals surface area contributed by atoms with Crippen LogP contribution in [0, 0.1) is 0 Å². The summed E-state index contributed by atoms with van der Waals surface area (Å²) in [6.07, 6.45) is 5.62. The van der Waals surface area contributed by atoms with E-state index in [0.717, 1.165) is 26.2 Å². The Bertz CT molecular complexity index is 602. The topological polar surface area (TPSA) is 37.4 Å². The van der Waals surface area contributed by atoms with Crippen LogP contribution in [0.1, 0.15) is 43.9 Å². The van der Waals surface area contributed by atoms with Crippen molar-refractivity contribution in [3.8, 4) is 0 Å². The Morgan fingerprint density at radius 3 is 2.91 bits per heavy atom. The molecule has 3 heterocycles. The summed E-state index contributed by atoms with van der Waals surface area (Å²) in [6, 6.07) is 2.92. The molecule has 0 amide bonds. The van der Waals surface area contributed by atoms with Gasteiger partial charge in [-0.3, -0.25) is 9.80 Å². The fourth-order valence-electron chi connectivity index (χ4n) is 3.00. The molecule has 1 aliphatic rings. The van der Waals surface area contributed by atoms with Crippen LogP contribution in [-0.2, 0) is 19.6 Å². The first-order chi connectivity index (χ1) is 10.6. The van der Waals surface area contributed by atoms with Crippen LogP contribution in [0.2, 0.25) is 0 Å². The van der Waals surface area contributed by atoms with E-state index in [1.54, 1.807) is 6.26 Å². The van der Waals surface area contributed by atoms with Crippen LogP contribution in [0.25, 0.3) is 0 Å². The molecule has 0 aliphatic carbocycles. The minimum atomic E-state index is 0.335. The molecule has 120 valence electrons. The number of imidazole rings is 1. The molecular weight excluding hydrogens is 276 g/mol. The number of furan rings is 1. The van der Waals surface area contributed by atoms with Gasteiger partial charge >= 0.3 is 0 Å². The van der Waals surface area contributed by atoms with Crippen LogP contribution in [-0.4, -0.2) is 39.0 Å². The third-order valence-electron chi connectivity index (χ3n) is 4.76. The van der Waals surface area contributed by atoms with Gasteiger partial charge in [-0.05, 0) is 33.9 Å². The van der Waals surface area contributed by atoms with E-state index in [1.165, 1.54) is 17.1 Å². The van der Waals surface area contributed by atoms with Crippen LogP contribution >= 0.6 is 0 Å². The van der Waals surface area contributed by atoms with Crippen molar-refractivity contribution >= 4 is 0 Å². The van der Waals surface area contributed by atoms with Crippen molar-refractivity contribution in [2.75, 3.05) is 13.6 Å². The highest BCUT2D eigenvalue weighted by Gasteiger charge is 2.27. The predicted octanol–water partition coefficient (Wildman–Crippen LogP) is 2.89. The van der Waals surface area contributed by atoms with Gasteiger partial charge in [-0.2, -0.15) is 0 Å². The fraction of sp³-hybridized carbons (Fsp3) is 0.588. The fourth-order valence-corrected chi connectivity index (χ4v) is 3.00. The van der Waals surface area contributed by atoms with Crippen molar-refractivity contribution < 1.29 is 4.42 Å². The van der Waals surface area contributed by atoms with Gasteiger partial charge in [0.15, 0.2) is 0 Å². The summed E-state index contributed by atoms with van der Waals surface area (Å²) in [5.74, 6) is 1.18. The Hall–Kier alpha value is -1.59. The van der Waals surface area contributed by atoms with Gasteiger partial charge in [0.25, 0.3) is 0 Å². The van der Waals surface area contributed by atoms with Crippen molar-refractivity contribution in [2.24, 2.45) is 0 Å². The summed E-state index contributed by atoms with van der Waals surface area (Å²) in [5, 5.41) is 0. The third kappa shape index (κ3) is 2.96. The normalized spacial score (nSPS) is 19.1. The van der Waals surface area contributed by atoms with Gasteiger partial charge in [0, 0.05) is 44.0 Å². The van der Waals surface area contributed by atoms with Crippen molar-refractivity contribution in [1.82, 2.24) is 19.4 Å². The summed E-state index contributed by atoms with van der Waals surface area (Å²) in [5.41, 5.74) is 2.55. The molecule has 0 saturated carbocycles. The summed E-state index contributed by atoms with van der Waals surface area (Å²) >= 11 is 0. The SMILES string of the molecule is CC(C)N(C)Cc1cnc2n1CCN(Cc1ccoc1)[C@H]2C. The average Bonchev–Trinajstić information content (AvgIpc) is 3.12. The van der Waals surface area contributed by atoms with E-state index in [-0.39, 0.29) is 0 Å². The van der Waals surface area contributed by atoms with Crippen LogP contribution < -0.4 is 0 Å². The van der Waals surface area contributed by atoms with Crippen molar-refractivity contribution in [2.45, 2.75) is 52.5 Å². The molecule has 2 aromatic heterocycles. The zero-order valence-electron chi connectivity index (χ0n) is 14.0. The van der Waals surface area contributed by atoms with E-state index < -0.39 is 0 Å². The van der Waals surface area contributed by atoms with E-state index in [0.29, 0.717) is 12.1 Å². The van der Waals surface area contributed by atoms with E-state index in [9.17, 15) is 0 Å². The van der Waals surface area contributed by atoms with E-state index in [4.69, 9.17) is 9.40 Å². The van der Waals surface area contributed by atoms with Gasteiger partial charge in [0.05, 0.1) is 24.3 Å². The van der Waals surface area contributed by atoms with Gasteiger partial charge in [-0.15, -0.1) is 0 Å². The molecule has 1 aliphatic heterocycles. The molecule has 0 aromatic carbocycles. The Kier molecular flexibility index (Phi) is 4.36. The van der Waals surface area contributed by atoms with Crippen LogP contribution in [0.5, 0.6) is 0 Å². The van der Waals surface area contributed by atoms with Crippen LogP contribution in [0.15, 0.2) is 29.2 Å². The van der Waals surface area contributed by atoms with Gasteiger partial charge < -0.3 is 8.98 Å². The Labute approximate surface area is 132 Å². The lowest BCUT2D eigenvalue weighted by Crippen LogP contribution is -2.37. The second-order valence-corrected chi connectivity index (χ2v) is 6.55. The largest absolute Gasteiger partial charge is 0.472 e. The van der Waals surface area contributed by atoms with Gasteiger partial charge in [0.2, 0.25) is 0 Å². The quantitative estimate of drug-likeness (QED) is 0.851. The molecular formula is C17H26N4O. The number of hydrogen-bond donors (Lipinski definition) is 0. The predicted molar refractivity (Wildman–Crippen MR) is 86.4 cm³/mol. The molecule has 0 radical (unpaired) electrons. The molecule has 5 heteroatoms. The maximum absolute atomic E-state index is 5.18. The number of nitrogens with zero attached hydrogens (tertiary/aromatic N) is 4. The molecule has 0 saturated heterocycles. The minimum Gasteiger partial charge on any atom is -0.472 e. The third-order valence-corrected chi connectivity index (χ3v) is 4.76. The first kappa shape index (κ1) is 15.3. The Morgan fingerprint density at radius 2 is 2.23 bits per heavy atom. The van der Waals surface area contributed by atoms with Gasteiger partial charge in [0.1, 0.15) is 5.82 Å². The van der Waals surface area contributed by atoms with E-state index in [2.05, 4.69) is 42.2 Å². The lowest BCUT2D eigenvalue weighted by atomic mass is 10.2. The summed E-state index contributed by atoms with van der Waals surface area (Å²) in [4.78, 5) is 9.52. The molecule has 0 fully saturated rings. The lowest BCUT2D eigenvalue weighted by molar-refractivity contribution is 0.152. The zero-order valence-corrected chi connectivity index (χ0v) is 14.0.